The fourth-order valence-corrected chi connectivity index (χ4v) is 1.77. The number of ether oxygens (including phenoxy) is 2. The summed E-state index contributed by atoms with van der Waals surface area (Å²) in [4.78, 5) is 0. The van der Waals surface area contributed by atoms with Crippen molar-refractivity contribution in [2.75, 3.05) is 26.8 Å². The van der Waals surface area contributed by atoms with Gasteiger partial charge in [0.05, 0.1) is 12.7 Å². The van der Waals surface area contributed by atoms with Gasteiger partial charge in [-0.3, -0.25) is 0 Å². The van der Waals surface area contributed by atoms with Gasteiger partial charge in [0.25, 0.3) is 0 Å². The molecule has 1 aliphatic carbocycles. The van der Waals surface area contributed by atoms with Gasteiger partial charge in [-0.1, -0.05) is 24.3 Å². The zero-order chi connectivity index (χ0) is 13.3. The fraction of sp³-hybridized carbons (Fsp3) is 0.500. The Hall–Kier alpha value is -1.32. The second-order valence-electron chi connectivity index (χ2n) is 4.82. The molecule has 1 aromatic rings. The molecule has 0 bridgehead atoms. The van der Waals surface area contributed by atoms with Crippen LogP contribution in [-0.2, 0) is 4.74 Å². The first-order valence-corrected chi connectivity index (χ1v) is 7.01. The van der Waals surface area contributed by atoms with E-state index in [-0.39, 0.29) is 0 Å². The summed E-state index contributed by atoms with van der Waals surface area (Å²) in [5.74, 6) is 0.989. The number of hydrogen-bond acceptors (Lipinski definition) is 3. The van der Waals surface area contributed by atoms with Crippen LogP contribution < -0.4 is 10.1 Å². The number of benzene rings is 1. The second-order valence-corrected chi connectivity index (χ2v) is 4.82. The molecule has 1 fully saturated rings. The standard InChI is InChI=1S/C16H23NO2/c1-18-12-11-17-10-3-2-5-14-6-4-7-16(13-14)19-15-8-9-15/h2,4-7,13,15,17H,3,8-12H2,1H3/b5-2+. The molecule has 0 amide bonds. The van der Waals surface area contributed by atoms with Gasteiger partial charge in [0.2, 0.25) is 0 Å². The third kappa shape index (κ3) is 5.90. The first-order valence-electron chi connectivity index (χ1n) is 7.01. The molecule has 0 atom stereocenters. The zero-order valence-electron chi connectivity index (χ0n) is 11.6. The Morgan fingerprint density at radius 1 is 1.32 bits per heavy atom. The van der Waals surface area contributed by atoms with Crippen LogP contribution in [0, 0.1) is 0 Å². The Morgan fingerprint density at radius 3 is 3.00 bits per heavy atom. The quantitative estimate of drug-likeness (QED) is 0.693. The Balaban J connectivity index is 1.68. The van der Waals surface area contributed by atoms with Gasteiger partial charge in [-0.25, -0.2) is 0 Å². The van der Waals surface area contributed by atoms with Crippen molar-refractivity contribution in [3.05, 3.63) is 35.9 Å². The smallest absolute Gasteiger partial charge is 0.120 e. The average Bonchev–Trinajstić information content (AvgIpc) is 3.22. The van der Waals surface area contributed by atoms with E-state index in [0.717, 1.165) is 31.9 Å². The molecule has 1 N–H and O–H groups in total. The first kappa shape index (κ1) is 14.1. The van der Waals surface area contributed by atoms with Gasteiger partial charge in [0.1, 0.15) is 5.75 Å². The summed E-state index contributed by atoms with van der Waals surface area (Å²) in [5.41, 5.74) is 1.20. The van der Waals surface area contributed by atoms with E-state index in [4.69, 9.17) is 9.47 Å². The summed E-state index contributed by atoms with van der Waals surface area (Å²) >= 11 is 0. The topological polar surface area (TPSA) is 30.5 Å². The summed E-state index contributed by atoms with van der Waals surface area (Å²) in [7, 11) is 1.72. The number of methoxy groups -OCH3 is 1. The summed E-state index contributed by atoms with van der Waals surface area (Å²) in [6.45, 7) is 2.66. The van der Waals surface area contributed by atoms with Gasteiger partial charge in [-0.2, -0.15) is 0 Å². The third-order valence-corrected chi connectivity index (χ3v) is 2.97. The highest BCUT2D eigenvalue weighted by atomic mass is 16.5. The normalized spacial score (nSPS) is 15.0. The van der Waals surface area contributed by atoms with Crippen LogP contribution in [0.15, 0.2) is 30.3 Å². The number of nitrogens with one attached hydrogen (secondary N) is 1. The SMILES string of the molecule is COCCNCC/C=C/c1cccc(OC2CC2)c1. The van der Waals surface area contributed by atoms with E-state index in [0.29, 0.717) is 6.10 Å². The molecule has 0 radical (unpaired) electrons. The number of rotatable bonds is 9. The van der Waals surface area contributed by atoms with Gasteiger partial charge in [0, 0.05) is 13.7 Å². The molecule has 0 saturated heterocycles. The van der Waals surface area contributed by atoms with E-state index in [9.17, 15) is 0 Å². The van der Waals surface area contributed by atoms with Crippen molar-refractivity contribution in [1.29, 1.82) is 0 Å². The summed E-state index contributed by atoms with van der Waals surface area (Å²) in [6.07, 6.45) is 8.23. The molecule has 0 heterocycles. The molecule has 104 valence electrons. The van der Waals surface area contributed by atoms with Crippen molar-refractivity contribution >= 4 is 6.08 Å². The predicted octanol–water partition coefficient (Wildman–Crippen LogP) is 2.87. The van der Waals surface area contributed by atoms with Crippen LogP contribution in [0.2, 0.25) is 0 Å². The highest BCUT2D eigenvalue weighted by molar-refractivity contribution is 5.51. The Morgan fingerprint density at radius 2 is 2.21 bits per heavy atom. The molecule has 19 heavy (non-hydrogen) atoms. The lowest BCUT2D eigenvalue weighted by atomic mass is 10.2. The molecule has 1 aliphatic rings. The molecule has 0 aliphatic heterocycles. The molecule has 1 aromatic carbocycles. The Labute approximate surface area is 115 Å². The van der Waals surface area contributed by atoms with Gasteiger partial charge in [0.15, 0.2) is 0 Å². The largest absolute Gasteiger partial charge is 0.490 e. The maximum atomic E-state index is 5.78. The van der Waals surface area contributed by atoms with Gasteiger partial charge in [-0.15, -0.1) is 0 Å². The van der Waals surface area contributed by atoms with Gasteiger partial charge < -0.3 is 14.8 Å². The molecule has 0 spiro atoms. The van der Waals surface area contributed by atoms with Gasteiger partial charge in [-0.05, 0) is 43.5 Å². The monoisotopic (exact) mass is 261 g/mol. The minimum Gasteiger partial charge on any atom is -0.490 e. The van der Waals surface area contributed by atoms with E-state index in [1.165, 1.54) is 18.4 Å². The van der Waals surface area contributed by atoms with Crippen molar-refractivity contribution in [2.45, 2.75) is 25.4 Å². The maximum absolute atomic E-state index is 5.78. The van der Waals surface area contributed by atoms with Crippen molar-refractivity contribution in [3.8, 4) is 5.75 Å². The zero-order valence-corrected chi connectivity index (χ0v) is 11.6. The maximum Gasteiger partial charge on any atom is 0.120 e. The lowest BCUT2D eigenvalue weighted by molar-refractivity contribution is 0.199. The number of hydrogen-bond donors (Lipinski definition) is 1. The van der Waals surface area contributed by atoms with Crippen LogP contribution >= 0.6 is 0 Å². The van der Waals surface area contributed by atoms with E-state index < -0.39 is 0 Å². The van der Waals surface area contributed by atoms with E-state index >= 15 is 0 Å². The molecule has 3 nitrogen and oxygen atoms in total. The Bertz CT molecular complexity index is 399. The van der Waals surface area contributed by atoms with Crippen LogP contribution in [0.3, 0.4) is 0 Å². The minimum atomic E-state index is 0.462. The molecule has 0 aromatic heterocycles. The second kappa shape index (κ2) is 7.97. The van der Waals surface area contributed by atoms with Crippen molar-refractivity contribution in [2.24, 2.45) is 0 Å². The molecule has 1 saturated carbocycles. The van der Waals surface area contributed by atoms with Crippen molar-refractivity contribution < 1.29 is 9.47 Å². The van der Waals surface area contributed by atoms with Crippen LogP contribution in [0.4, 0.5) is 0 Å². The van der Waals surface area contributed by atoms with Crippen LogP contribution in [0.25, 0.3) is 6.08 Å². The average molecular weight is 261 g/mol. The van der Waals surface area contributed by atoms with E-state index in [2.05, 4.69) is 29.6 Å². The lowest BCUT2D eigenvalue weighted by Crippen LogP contribution is -2.19. The van der Waals surface area contributed by atoms with Crippen molar-refractivity contribution in [1.82, 2.24) is 5.32 Å². The summed E-state index contributed by atoms with van der Waals surface area (Å²) in [6, 6.07) is 8.29. The predicted molar refractivity (Wildman–Crippen MR) is 78.5 cm³/mol. The molecule has 3 heteroatoms. The van der Waals surface area contributed by atoms with E-state index in [1.54, 1.807) is 7.11 Å². The minimum absolute atomic E-state index is 0.462. The highest BCUT2D eigenvalue weighted by Gasteiger charge is 2.23. The van der Waals surface area contributed by atoms with Gasteiger partial charge >= 0.3 is 0 Å². The fourth-order valence-electron chi connectivity index (χ4n) is 1.77. The van der Waals surface area contributed by atoms with Crippen LogP contribution in [-0.4, -0.2) is 32.9 Å². The Kier molecular flexibility index (Phi) is 5.92. The third-order valence-electron chi connectivity index (χ3n) is 2.97. The van der Waals surface area contributed by atoms with Crippen molar-refractivity contribution in [3.63, 3.8) is 0 Å². The van der Waals surface area contributed by atoms with Crippen LogP contribution in [0.5, 0.6) is 5.75 Å². The highest BCUT2D eigenvalue weighted by Crippen LogP contribution is 2.27. The van der Waals surface area contributed by atoms with Crippen LogP contribution in [0.1, 0.15) is 24.8 Å². The lowest BCUT2D eigenvalue weighted by Gasteiger charge is -2.04. The molecular weight excluding hydrogens is 238 g/mol. The van der Waals surface area contributed by atoms with E-state index in [1.807, 2.05) is 12.1 Å². The summed E-state index contributed by atoms with van der Waals surface area (Å²) in [5, 5.41) is 3.32. The molecule has 2 rings (SSSR count). The summed E-state index contributed by atoms with van der Waals surface area (Å²) < 4.78 is 10.8. The molecule has 0 unspecified atom stereocenters. The first-order chi connectivity index (χ1) is 9.38. The molecular formula is C16H23NO2.